The second-order valence-corrected chi connectivity index (χ2v) is 9.41. The van der Waals surface area contributed by atoms with E-state index in [4.69, 9.17) is 21.1 Å². The zero-order chi connectivity index (χ0) is 23.3. The molecule has 1 aliphatic rings. The molecule has 1 aliphatic heterocycles. The van der Waals surface area contributed by atoms with Gasteiger partial charge in [-0.3, -0.25) is 4.79 Å². The Bertz CT molecular complexity index is 1100. The van der Waals surface area contributed by atoms with Crippen LogP contribution in [0.15, 0.2) is 46.4 Å². The van der Waals surface area contributed by atoms with Crippen molar-refractivity contribution in [2.75, 3.05) is 27.3 Å². The van der Waals surface area contributed by atoms with E-state index in [0.29, 0.717) is 24.3 Å². The summed E-state index contributed by atoms with van der Waals surface area (Å²) >= 11 is 5.92. The van der Waals surface area contributed by atoms with Crippen molar-refractivity contribution in [3.63, 3.8) is 0 Å². The van der Waals surface area contributed by atoms with Crippen molar-refractivity contribution in [1.29, 1.82) is 0 Å². The number of sulfonamides is 1. The summed E-state index contributed by atoms with van der Waals surface area (Å²) in [5.41, 5.74) is 2.45. The van der Waals surface area contributed by atoms with E-state index in [-0.39, 0.29) is 34.5 Å². The second-order valence-electron chi connectivity index (χ2n) is 7.06. The number of benzene rings is 2. The number of methoxy groups -OCH3 is 2. The quantitative estimate of drug-likeness (QED) is 0.482. The average Bonchev–Trinajstić information content (AvgIpc) is 2.80. The largest absolute Gasteiger partial charge is 0.493 e. The molecule has 0 radical (unpaired) electrons. The molecule has 8 nitrogen and oxygen atoms in total. The van der Waals surface area contributed by atoms with Crippen molar-refractivity contribution in [3.8, 4) is 11.5 Å². The number of carbonyl (C=O) groups is 1. The van der Waals surface area contributed by atoms with Gasteiger partial charge in [-0.2, -0.15) is 9.41 Å². The van der Waals surface area contributed by atoms with Gasteiger partial charge in [-0.05, 0) is 37.1 Å². The van der Waals surface area contributed by atoms with E-state index in [9.17, 15) is 17.6 Å². The molecule has 1 fully saturated rings. The van der Waals surface area contributed by atoms with Crippen LogP contribution in [0.3, 0.4) is 0 Å². The highest BCUT2D eigenvalue weighted by atomic mass is 35.5. The van der Waals surface area contributed by atoms with Gasteiger partial charge in [0.25, 0.3) is 0 Å². The summed E-state index contributed by atoms with van der Waals surface area (Å²) in [4.78, 5) is 12.5. The van der Waals surface area contributed by atoms with Gasteiger partial charge in [-0.25, -0.2) is 18.2 Å². The van der Waals surface area contributed by atoms with Crippen molar-refractivity contribution in [2.45, 2.75) is 17.7 Å². The van der Waals surface area contributed by atoms with E-state index in [1.165, 1.54) is 54.9 Å². The highest BCUT2D eigenvalue weighted by molar-refractivity contribution is 7.89. The Morgan fingerprint density at radius 3 is 2.50 bits per heavy atom. The van der Waals surface area contributed by atoms with Gasteiger partial charge in [0.05, 0.1) is 30.4 Å². The molecule has 1 N–H and O–H groups in total. The summed E-state index contributed by atoms with van der Waals surface area (Å²) in [6.45, 7) is 0.356. The van der Waals surface area contributed by atoms with E-state index in [0.717, 1.165) is 6.21 Å². The van der Waals surface area contributed by atoms with Crippen LogP contribution in [0.1, 0.15) is 18.4 Å². The number of hydrogen-bond acceptors (Lipinski definition) is 6. The third kappa shape index (κ3) is 5.20. The molecule has 2 aromatic carbocycles. The number of hydrogen-bond donors (Lipinski definition) is 1. The number of rotatable bonds is 7. The molecule has 0 unspecified atom stereocenters. The van der Waals surface area contributed by atoms with E-state index in [2.05, 4.69) is 10.5 Å². The maximum Gasteiger partial charge on any atom is 0.243 e. The van der Waals surface area contributed by atoms with E-state index in [1.807, 2.05) is 0 Å². The third-order valence-corrected chi connectivity index (χ3v) is 7.41. The Balaban J connectivity index is 1.60. The molecule has 0 aromatic heterocycles. The molecule has 2 aromatic rings. The Kier molecular flexibility index (Phi) is 7.70. The van der Waals surface area contributed by atoms with Crippen LogP contribution in [0.25, 0.3) is 0 Å². The van der Waals surface area contributed by atoms with Gasteiger partial charge in [0, 0.05) is 30.6 Å². The summed E-state index contributed by atoms with van der Waals surface area (Å²) in [6, 6.07) is 8.63. The van der Waals surface area contributed by atoms with Crippen LogP contribution in [0.4, 0.5) is 4.39 Å². The number of piperidine rings is 1. The van der Waals surface area contributed by atoms with E-state index >= 15 is 0 Å². The standard InChI is InChI=1S/C21H23ClFN3O5S/c1-30-19-7-6-15(12-20(19)31-2)32(28,29)26-10-8-14(9-11-26)21(27)25-24-13-16-17(22)4-3-5-18(16)23/h3-7,12-14H,8-11H2,1-2H3,(H,25,27)/b24-13-. The lowest BCUT2D eigenvalue weighted by molar-refractivity contribution is -0.126. The fourth-order valence-corrected chi connectivity index (χ4v) is 5.07. The lowest BCUT2D eigenvalue weighted by Crippen LogP contribution is -2.42. The van der Waals surface area contributed by atoms with Crippen LogP contribution in [0.5, 0.6) is 11.5 Å². The van der Waals surface area contributed by atoms with Gasteiger partial charge in [0.1, 0.15) is 5.82 Å². The molecule has 0 atom stereocenters. The number of halogens is 2. The first-order valence-electron chi connectivity index (χ1n) is 9.77. The van der Waals surface area contributed by atoms with Gasteiger partial charge >= 0.3 is 0 Å². The highest BCUT2D eigenvalue weighted by Gasteiger charge is 2.32. The van der Waals surface area contributed by atoms with Crippen molar-refractivity contribution >= 4 is 33.7 Å². The number of hydrazone groups is 1. The summed E-state index contributed by atoms with van der Waals surface area (Å²) in [6.07, 6.45) is 1.80. The number of nitrogens with zero attached hydrogens (tertiary/aromatic N) is 2. The van der Waals surface area contributed by atoms with Gasteiger partial charge in [0.2, 0.25) is 15.9 Å². The number of nitrogens with one attached hydrogen (secondary N) is 1. The lowest BCUT2D eigenvalue weighted by Gasteiger charge is -2.30. The van der Waals surface area contributed by atoms with Gasteiger partial charge in [-0.1, -0.05) is 17.7 Å². The molecule has 32 heavy (non-hydrogen) atoms. The van der Waals surface area contributed by atoms with Crippen LogP contribution in [-0.4, -0.2) is 52.2 Å². The minimum atomic E-state index is -3.75. The molecule has 0 spiro atoms. The SMILES string of the molecule is COc1ccc(S(=O)(=O)N2CCC(C(=O)N/N=C\c3c(F)cccc3Cl)CC2)cc1OC. The number of carbonyl (C=O) groups excluding carboxylic acids is 1. The molecular weight excluding hydrogens is 461 g/mol. The smallest absolute Gasteiger partial charge is 0.243 e. The minimum absolute atomic E-state index is 0.0744. The molecule has 1 saturated heterocycles. The Morgan fingerprint density at radius 1 is 1.19 bits per heavy atom. The Morgan fingerprint density at radius 2 is 1.88 bits per heavy atom. The molecule has 3 rings (SSSR count). The van der Waals surface area contributed by atoms with Crippen LogP contribution in [-0.2, 0) is 14.8 Å². The first kappa shape index (κ1) is 24.0. The molecule has 0 bridgehead atoms. The maximum absolute atomic E-state index is 13.7. The van der Waals surface area contributed by atoms with Gasteiger partial charge in [-0.15, -0.1) is 0 Å². The summed E-state index contributed by atoms with van der Waals surface area (Å²) in [7, 11) is -0.851. The maximum atomic E-state index is 13.7. The molecule has 0 saturated carbocycles. The monoisotopic (exact) mass is 483 g/mol. The molecule has 1 heterocycles. The lowest BCUT2D eigenvalue weighted by atomic mass is 9.98. The second kappa shape index (κ2) is 10.3. The zero-order valence-electron chi connectivity index (χ0n) is 17.5. The number of amides is 1. The van der Waals surface area contributed by atoms with Gasteiger partial charge < -0.3 is 9.47 Å². The van der Waals surface area contributed by atoms with Crippen LogP contribution in [0, 0.1) is 11.7 Å². The van der Waals surface area contributed by atoms with E-state index < -0.39 is 21.8 Å². The van der Waals surface area contributed by atoms with Crippen molar-refractivity contribution in [2.24, 2.45) is 11.0 Å². The zero-order valence-corrected chi connectivity index (χ0v) is 19.1. The van der Waals surface area contributed by atoms with Crippen molar-refractivity contribution in [3.05, 3.63) is 52.8 Å². The van der Waals surface area contributed by atoms with Crippen molar-refractivity contribution < 1.29 is 27.1 Å². The fourth-order valence-electron chi connectivity index (χ4n) is 3.37. The predicted octanol–water partition coefficient (Wildman–Crippen LogP) is 3.05. The first-order valence-corrected chi connectivity index (χ1v) is 11.6. The normalized spacial score (nSPS) is 15.6. The average molecular weight is 484 g/mol. The molecule has 1 amide bonds. The molecular formula is C21H23ClFN3O5S. The van der Waals surface area contributed by atoms with Crippen LogP contribution in [0.2, 0.25) is 5.02 Å². The molecule has 172 valence electrons. The van der Waals surface area contributed by atoms with Crippen LogP contribution < -0.4 is 14.9 Å². The van der Waals surface area contributed by atoms with Crippen LogP contribution >= 0.6 is 11.6 Å². The van der Waals surface area contributed by atoms with Crippen molar-refractivity contribution in [1.82, 2.24) is 9.73 Å². The summed E-state index contributed by atoms with van der Waals surface area (Å²) in [5, 5.41) is 3.96. The molecule has 0 aliphatic carbocycles. The number of ether oxygens (including phenoxy) is 2. The Labute approximate surface area is 191 Å². The van der Waals surface area contributed by atoms with E-state index in [1.54, 1.807) is 0 Å². The molecule has 11 heteroatoms. The highest BCUT2D eigenvalue weighted by Crippen LogP contribution is 2.32. The summed E-state index contributed by atoms with van der Waals surface area (Å²) < 4.78 is 51.4. The predicted molar refractivity (Wildman–Crippen MR) is 118 cm³/mol. The Hall–Kier alpha value is -2.69. The minimum Gasteiger partial charge on any atom is -0.493 e. The topological polar surface area (TPSA) is 97.3 Å². The summed E-state index contributed by atoms with van der Waals surface area (Å²) in [5.74, 6) is -0.587. The first-order chi connectivity index (χ1) is 15.3. The fraction of sp³-hybridized carbons (Fsp3) is 0.333. The third-order valence-electron chi connectivity index (χ3n) is 5.19. The van der Waals surface area contributed by atoms with Gasteiger partial charge in [0.15, 0.2) is 11.5 Å².